The average molecular weight is 238 g/mol. The monoisotopic (exact) mass is 238 g/mol. The molecule has 0 radical (unpaired) electrons. The van der Waals surface area contributed by atoms with Crippen molar-refractivity contribution >= 4 is 0 Å². The largest absolute Gasteiger partial charge is 0.493 e. The van der Waals surface area contributed by atoms with Crippen molar-refractivity contribution in [2.24, 2.45) is 0 Å². The Bertz CT molecular complexity index is 397. The van der Waals surface area contributed by atoms with E-state index in [1.165, 1.54) is 13.2 Å². The summed E-state index contributed by atoms with van der Waals surface area (Å²) in [5, 5.41) is 3.36. The molecule has 0 spiro atoms. The van der Waals surface area contributed by atoms with E-state index in [2.05, 4.69) is 24.2 Å². The molecule has 1 fully saturated rings. The number of benzene rings is 1. The second kappa shape index (κ2) is 5.02. The molecule has 0 aliphatic carbocycles. The predicted octanol–water partition coefficient (Wildman–Crippen LogP) is 1.80. The maximum absolute atomic E-state index is 13.7. The Hall–Kier alpha value is -1.13. The molecule has 4 heteroatoms. The highest BCUT2D eigenvalue weighted by atomic mass is 19.1. The maximum Gasteiger partial charge on any atom is 0.165 e. The van der Waals surface area contributed by atoms with E-state index in [1.807, 2.05) is 6.07 Å². The molecule has 1 saturated heterocycles. The van der Waals surface area contributed by atoms with Gasteiger partial charge in [0.05, 0.1) is 13.2 Å². The molecule has 1 N–H and O–H groups in total. The van der Waals surface area contributed by atoms with Gasteiger partial charge in [0, 0.05) is 24.7 Å². The summed E-state index contributed by atoms with van der Waals surface area (Å²) in [6, 6.07) is 5.69. The van der Waals surface area contributed by atoms with Crippen LogP contribution in [0.4, 0.5) is 4.39 Å². The number of likely N-dealkylation sites (N-methyl/N-ethyl adjacent to an activating group) is 1. The van der Waals surface area contributed by atoms with Crippen molar-refractivity contribution in [1.29, 1.82) is 0 Å². The van der Waals surface area contributed by atoms with Gasteiger partial charge in [0.25, 0.3) is 0 Å². The Balaban J connectivity index is 2.35. The fourth-order valence-corrected chi connectivity index (χ4v) is 2.36. The van der Waals surface area contributed by atoms with Gasteiger partial charge >= 0.3 is 0 Å². The minimum absolute atomic E-state index is 0.157. The number of halogens is 1. The number of methoxy groups -OCH3 is 1. The number of nitrogens with one attached hydrogen (secondary N) is 1. The SMILES string of the molecule is COc1c(F)cccc1C1CNC[C@H](C)N1C. The van der Waals surface area contributed by atoms with E-state index in [1.54, 1.807) is 6.07 Å². The number of hydrogen-bond donors (Lipinski definition) is 1. The number of piperazine rings is 1. The van der Waals surface area contributed by atoms with Crippen molar-refractivity contribution < 1.29 is 9.13 Å². The molecule has 1 aromatic carbocycles. The van der Waals surface area contributed by atoms with Crippen LogP contribution in [0.5, 0.6) is 5.75 Å². The van der Waals surface area contributed by atoms with E-state index in [4.69, 9.17) is 4.74 Å². The molecule has 2 rings (SSSR count). The van der Waals surface area contributed by atoms with Crippen LogP contribution in [0.15, 0.2) is 18.2 Å². The summed E-state index contributed by atoms with van der Waals surface area (Å²) in [6.45, 7) is 3.94. The third kappa shape index (κ3) is 2.28. The van der Waals surface area contributed by atoms with Gasteiger partial charge in [-0.05, 0) is 20.0 Å². The van der Waals surface area contributed by atoms with Gasteiger partial charge in [-0.3, -0.25) is 4.90 Å². The molecule has 1 unspecified atom stereocenters. The van der Waals surface area contributed by atoms with Gasteiger partial charge in [-0.15, -0.1) is 0 Å². The summed E-state index contributed by atoms with van der Waals surface area (Å²) in [6.07, 6.45) is 0. The van der Waals surface area contributed by atoms with Crippen molar-refractivity contribution in [2.75, 3.05) is 27.2 Å². The van der Waals surface area contributed by atoms with Crippen LogP contribution in [0.2, 0.25) is 0 Å². The van der Waals surface area contributed by atoms with Gasteiger partial charge in [-0.2, -0.15) is 0 Å². The molecule has 0 amide bonds. The molecule has 0 bridgehead atoms. The molecular formula is C13H19FN2O. The van der Waals surface area contributed by atoms with E-state index in [0.29, 0.717) is 11.8 Å². The lowest BCUT2D eigenvalue weighted by Gasteiger charge is -2.39. The maximum atomic E-state index is 13.7. The first-order chi connectivity index (χ1) is 8.15. The molecule has 2 atom stereocenters. The van der Waals surface area contributed by atoms with Gasteiger partial charge in [-0.25, -0.2) is 4.39 Å². The molecular weight excluding hydrogens is 219 g/mol. The van der Waals surface area contributed by atoms with Gasteiger partial charge in [0.2, 0.25) is 0 Å². The van der Waals surface area contributed by atoms with Crippen molar-refractivity contribution in [3.8, 4) is 5.75 Å². The topological polar surface area (TPSA) is 24.5 Å². The summed E-state index contributed by atoms with van der Waals surface area (Å²) in [4.78, 5) is 2.26. The van der Waals surface area contributed by atoms with Crippen LogP contribution in [0.25, 0.3) is 0 Å². The Kier molecular flexibility index (Phi) is 3.64. The fourth-order valence-electron chi connectivity index (χ4n) is 2.36. The minimum atomic E-state index is -0.295. The summed E-state index contributed by atoms with van der Waals surface area (Å²) in [7, 11) is 3.59. The third-order valence-electron chi connectivity index (χ3n) is 3.52. The lowest BCUT2D eigenvalue weighted by atomic mass is 10.00. The fraction of sp³-hybridized carbons (Fsp3) is 0.538. The van der Waals surface area contributed by atoms with Gasteiger partial charge in [0.1, 0.15) is 0 Å². The van der Waals surface area contributed by atoms with Crippen LogP contribution in [-0.2, 0) is 0 Å². The number of hydrogen-bond acceptors (Lipinski definition) is 3. The van der Waals surface area contributed by atoms with Crippen LogP contribution >= 0.6 is 0 Å². The molecule has 3 nitrogen and oxygen atoms in total. The molecule has 1 aromatic rings. The van der Waals surface area contributed by atoms with Crippen molar-refractivity contribution in [3.63, 3.8) is 0 Å². The number of para-hydroxylation sites is 1. The van der Waals surface area contributed by atoms with Gasteiger partial charge in [-0.1, -0.05) is 12.1 Å². The highest BCUT2D eigenvalue weighted by Crippen LogP contribution is 2.32. The normalized spacial score (nSPS) is 25.9. The molecule has 0 saturated carbocycles. The first kappa shape index (κ1) is 12.3. The van der Waals surface area contributed by atoms with Gasteiger partial charge in [0.15, 0.2) is 11.6 Å². The summed E-state index contributed by atoms with van der Waals surface area (Å²) >= 11 is 0. The standard InChI is InChI=1S/C13H19FN2O/c1-9-7-15-8-12(16(9)2)10-5-4-6-11(14)13(10)17-3/h4-6,9,12,15H,7-8H2,1-3H3/t9-,12?/m0/s1. The Morgan fingerprint density at radius 2 is 2.18 bits per heavy atom. The van der Waals surface area contributed by atoms with Crippen molar-refractivity contribution in [3.05, 3.63) is 29.6 Å². The van der Waals surface area contributed by atoms with E-state index in [0.717, 1.165) is 18.7 Å². The van der Waals surface area contributed by atoms with Crippen LogP contribution in [0, 0.1) is 5.82 Å². The lowest BCUT2D eigenvalue weighted by Crippen LogP contribution is -2.49. The average Bonchev–Trinajstić information content (AvgIpc) is 2.32. The third-order valence-corrected chi connectivity index (χ3v) is 3.52. The number of nitrogens with zero attached hydrogens (tertiary/aromatic N) is 1. The number of ether oxygens (including phenoxy) is 1. The van der Waals surface area contributed by atoms with E-state index in [9.17, 15) is 4.39 Å². The summed E-state index contributed by atoms with van der Waals surface area (Å²) in [5.41, 5.74) is 0.911. The Morgan fingerprint density at radius 1 is 1.41 bits per heavy atom. The zero-order valence-corrected chi connectivity index (χ0v) is 10.5. The lowest BCUT2D eigenvalue weighted by molar-refractivity contribution is 0.138. The molecule has 94 valence electrons. The van der Waals surface area contributed by atoms with Crippen LogP contribution in [0.3, 0.4) is 0 Å². The second-order valence-corrected chi connectivity index (χ2v) is 4.55. The van der Waals surface area contributed by atoms with E-state index < -0.39 is 0 Å². The van der Waals surface area contributed by atoms with Crippen molar-refractivity contribution in [1.82, 2.24) is 10.2 Å². The van der Waals surface area contributed by atoms with Crippen LogP contribution in [0.1, 0.15) is 18.5 Å². The van der Waals surface area contributed by atoms with Crippen LogP contribution < -0.4 is 10.1 Å². The smallest absolute Gasteiger partial charge is 0.165 e. The first-order valence-electron chi connectivity index (χ1n) is 5.90. The zero-order chi connectivity index (χ0) is 12.4. The van der Waals surface area contributed by atoms with E-state index >= 15 is 0 Å². The predicted molar refractivity (Wildman–Crippen MR) is 65.8 cm³/mol. The molecule has 1 aliphatic heterocycles. The highest BCUT2D eigenvalue weighted by molar-refractivity contribution is 5.38. The minimum Gasteiger partial charge on any atom is -0.493 e. The Morgan fingerprint density at radius 3 is 2.88 bits per heavy atom. The zero-order valence-electron chi connectivity index (χ0n) is 10.5. The van der Waals surface area contributed by atoms with E-state index in [-0.39, 0.29) is 11.9 Å². The molecule has 0 aromatic heterocycles. The second-order valence-electron chi connectivity index (χ2n) is 4.55. The number of rotatable bonds is 2. The van der Waals surface area contributed by atoms with Crippen LogP contribution in [-0.4, -0.2) is 38.2 Å². The highest BCUT2D eigenvalue weighted by Gasteiger charge is 2.28. The first-order valence-corrected chi connectivity index (χ1v) is 5.90. The van der Waals surface area contributed by atoms with Gasteiger partial charge < -0.3 is 10.1 Å². The molecule has 1 aliphatic rings. The summed E-state index contributed by atoms with van der Waals surface area (Å²) in [5.74, 6) is 0.0666. The Labute approximate surface area is 102 Å². The molecule has 1 heterocycles. The summed E-state index contributed by atoms with van der Waals surface area (Å²) < 4.78 is 18.8. The quantitative estimate of drug-likeness (QED) is 0.850. The molecule has 17 heavy (non-hydrogen) atoms. The van der Waals surface area contributed by atoms with Crippen molar-refractivity contribution in [2.45, 2.75) is 19.0 Å².